The molecule has 2 heterocycles. The van der Waals surface area contributed by atoms with Crippen molar-refractivity contribution in [3.05, 3.63) is 32.9 Å². The number of aromatic amines is 1. The minimum absolute atomic E-state index is 0.229. The number of ether oxygens (including phenoxy) is 1. The monoisotopic (exact) mass is 404 g/mol. The van der Waals surface area contributed by atoms with E-state index in [1.807, 2.05) is 0 Å². The van der Waals surface area contributed by atoms with E-state index in [9.17, 15) is 28.0 Å². The maximum atomic E-state index is 13.3. The lowest BCUT2D eigenvalue weighted by Gasteiger charge is -2.18. The molecule has 0 aromatic carbocycles. The van der Waals surface area contributed by atoms with Gasteiger partial charge in [-0.3, -0.25) is 23.4 Å². The lowest BCUT2D eigenvalue weighted by atomic mass is 10.2. The van der Waals surface area contributed by atoms with Gasteiger partial charge in [-0.05, 0) is 12.8 Å². The van der Waals surface area contributed by atoms with Crippen molar-refractivity contribution in [3.63, 3.8) is 0 Å². The van der Waals surface area contributed by atoms with Crippen molar-refractivity contribution in [1.82, 2.24) is 9.55 Å². The average molecular weight is 404 g/mol. The molecular formula is C10H15FN2O10P2. The molecule has 1 aromatic rings. The van der Waals surface area contributed by atoms with E-state index in [0.717, 1.165) is 11.7 Å². The fourth-order valence-electron chi connectivity index (χ4n) is 2.05. The zero-order valence-electron chi connectivity index (χ0n) is 12.7. The van der Waals surface area contributed by atoms with Crippen LogP contribution >= 0.6 is 15.6 Å². The zero-order chi connectivity index (χ0) is 18.8. The number of phosphoric ester groups is 2. The Morgan fingerprint density at radius 3 is 2.68 bits per heavy atom. The van der Waals surface area contributed by atoms with Gasteiger partial charge in [0.05, 0.1) is 18.9 Å². The number of halogens is 1. The van der Waals surface area contributed by atoms with Crippen molar-refractivity contribution < 1.29 is 41.4 Å². The normalized spacial score (nSPS) is 25.4. The summed E-state index contributed by atoms with van der Waals surface area (Å²) in [4.78, 5) is 42.7. The van der Waals surface area contributed by atoms with E-state index in [-0.39, 0.29) is 12.8 Å². The lowest BCUT2D eigenvalue weighted by molar-refractivity contribution is -0.0248. The Morgan fingerprint density at radius 2 is 2.04 bits per heavy atom. The quantitative estimate of drug-likeness (QED) is 0.536. The maximum absolute atomic E-state index is 13.3. The molecule has 0 spiro atoms. The van der Waals surface area contributed by atoms with Gasteiger partial charge in [-0.25, -0.2) is 13.9 Å². The van der Waals surface area contributed by atoms with Gasteiger partial charge in [-0.2, -0.15) is 8.70 Å². The number of aromatic nitrogens is 2. The van der Waals surface area contributed by atoms with Gasteiger partial charge in [0, 0.05) is 7.11 Å². The molecule has 4 atom stereocenters. The van der Waals surface area contributed by atoms with E-state index in [2.05, 4.69) is 13.4 Å². The summed E-state index contributed by atoms with van der Waals surface area (Å²) in [7, 11) is -8.83. The Balaban J connectivity index is 1.97. The van der Waals surface area contributed by atoms with Crippen LogP contribution in [-0.4, -0.2) is 39.2 Å². The van der Waals surface area contributed by atoms with Gasteiger partial charge in [-0.15, -0.1) is 0 Å². The smallest absolute Gasteiger partial charge is 0.352 e. The van der Waals surface area contributed by atoms with E-state index in [4.69, 9.17) is 9.63 Å². The van der Waals surface area contributed by atoms with E-state index in [1.165, 1.54) is 0 Å². The van der Waals surface area contributed by atoms with E-state index in [0.29, 0.717) is 6.20 Å². The standard InChI is InChI=1S/C10H15FN2O10P2/c1-20-24(16,17)23-25(18,19)21-5-6-2-3-8(22-6)13-4-7(11)9(14)12-10(13)15/h4,6,8H,2-3,5H2,1H3,(H,16,17)(H,18,19)(H,12,14,15)/t6-,8+/m0/s1. The Morgan fingerprint density at radius 1 is 1.36 bits per heavy atom. The van der Waals surface area contributed by atoms with E-state index in [1.54, 1.807) is 4.98 Å². The number of rotatable bonds is 7. The largest absolute Gasteiger partial charge is 0.481 e. The van der Waals surface area contributed by atoms with Crippen LogP contribution < -0.4 is 11.2 Å². The molecule has 3 N–H and O–H groups in total. The van der Waals surface area contributed by atoms with Crippen molar-refractivity contribution >= 4 is 15.6 Å². The van der Waals surface area contributed by atoms with Crippen LogP contribution in [0.15, 0.2) is 15.8 Å². The second-order valence-electron chi connectivity index (χ2n) is 4.93. The molecule has 0 saturated carbocycles. The molecule has 0 bridgehead atoms. The molecule has 1 aliphatic heterocycles. The SMILES string of the molecule is COP(=O)(O)OP(=O)(O)OC[C@@H]1CC[C@H](n2cc(F)c(=O)[nH]c2=O)O1. The Kier molecular flexibility index (Phi) is 6.13. The number of hydrogen-bond acceptors (Lipinski definition) is 8. The molecule has 142 valence electrons. The highest BCUT2D eigenvalue weighted by Crippen LogP contribution is 2.60. The van der Waals surface area contributed by atoms with Crippen LogP contribution in [0.3, 0.4) is 0 Å². The summed E-state index contributed by atoms with van der Waals surface area (Å²) in [5, 5.41) is 0. The third-order valence-electron chi connectivity index (χ3n) is 3.18. The summed E-state index contributed by atoms with van der Waals surface area (Å²) < 4.78 is 54.6. The second-order valence-corrected chi connectivity index (χ2v) is 8.08. The molecule has 1 fully saturated rings. The van der Waals surface area contributed by atoms with Crippen LogP contribution in [0.1, 0.15) is 19.1 Å². The van der Waals surface area contributed by atoms with Crippen LogP contribution in [0, 0.1) is 5.82 Å². The van der Waals surface area contributed by atoms with Gasteiger partial charge in [0.25, 0.3) is 5.56 Å². The summed E-state index contributed by atoms with van der Waals surface area (Å²) in [6.07, 6.45) is -0.521. The Hall–Kier alpha value is -1.17. The second kappa shape index (κ2) is 7.60. The first-order chi connectivity index (χ1) is 11.5. The summed E-state index contributed by atoms with van der Waals surface area (Å²) >= 11 is 0. The predicted molar refractivity (Wildman–Crippen MR) is 78.1 cm³/mol. The van der Waals surface area contributed by atoms with Crippen molar-refractivity contribution in [2.75, 3.05) is 13.7 Å². The average Bonchev–Trinajstić information content (AvgIpc) is 2.97. The van der Waals surface area contributed by atoms with Crippen molar-refractivity contribution in [1.29, 1.82) is 0 Å². The van der Waals surface area contributed by atoms with E-state index < -0.39 is 51.7 Å². The van der Waals surface area contributed by atoms with Crippen molar-refractivity contribution in [2.24, 2.45) is 0 Å². The molecule has 1 aliphatic rings. The topological polar surface area (TPSA) is 166 Å². The first kappa shape index (κ1) is 20.1. The van der Waals surface area contributed by atoms with Gasteiger partial charge < -0.3 is 14.5 Å². The molecule has 2 rings (SSSR count). The molecule has 0 amide bonds. The van der Waals surface area contributed by atoms with Gasteiger partial charge in [-0.1, -0.05) is 0 Å². The third-order valence-corrected chi connectivity index (χ3v) is 5.77. The molecular weight excluding hydrogens is 389 g/mol. The maximum Gasteiger partial charge on any atom is 0.481 e. The Bertz CT molecular complexity index is 838. The lowest BCUT2D eigenvalue weighted by Crippen LogP contribution is -2.34. The summed E-state index contributed by atoms with van der Waals surface area (Å²) in [5.74, 6) is -1.17. The highest BCUT2D eigenvalue weighted by Gasteiger charge is 2.36. The minimum Gasteiger partial charge on any atom is -0.352 e. The molecule has 25 heavy (non-hydrogen) atoms. The third kappa shape index (κ3) is 5.40. The Labute approximate surface area is 139 Å². The summed E-state index contributed by atoms with van der Waals surface area (Å²) in [6.45, 7) is -0.505. The molecule has 0 radical (unpaired) electrons. The van der Waals surface area contributed by atoms with Gasteiger partial charge >= 0.3 is 21.3 Å². The fourth-order valence-corrected chi connectivity index (χ4v) is 3.91. The molecule has 2 unspecified atom stereocenters. The number of hydrogen-bond donors (Lipinski definition) is 3. The van der Waals surface area contributed by atoms with Crippen LogP contribution in [0.2, 0.25) is 0 Å². The molecule has 0 aliphatic carbocycles. The number of nitrogens with zero attached hydrogens (tertiary/aromatic N) is 1. The number of phosphoric acid groups is 2. The predicted octanol–water partition coefficient (Wildman–Crippen LogP) is 0.234. The van der Waals surface area contributed by atoms with Gasteiger partial charge in [0.15, 0.2) is 0 Å². The van der Waals surface area contributed by atoms with Crippen LogP contribution in [0.5, 0.6) is 0 Å². The molecule has 15 heteroatoms. The van der Waals surface area contributed by atoms with Gasteiger partial charge in [0.2, 0.25) is 5.82 Å². The number of nitrogens with one attached hydrogen (secondary N) is 1. The van der Waals surface area contributed by atoms with Crippen LogP contribution in [0.4, 0.5) is 4.39 Å². The van der Waals surface area contributed by atoms with E-state index >= 15 is 0 Å². The summed E-state index contributed by atoms with van der Waals surface area (Å²) in [6, 6.07) is 0. The first-order valence-electron chi connectivity index (χ1n) is 6.76. The fraction of sp³-hybridized carbons (Fsp3) is 0.600. The minimum atomic E-state index is -4.89. The highest BCUT2D eigenvalue weighted by atomic mass is 31.3. The van der Waals surface area contributed by atoms with Crippen LogP contribution in [0.25, 0.3) is 0 Å². The first-order valence-corrected chi connectivity index (χ1v) is 9.76. The molecule has 12 nitrogen and oxygen atoms in total. The van der Waals surface area contributed by atoms with Crippen molar-refractivity contribution in [2.45, 2.75) is 25.2 Å². The zero-order valence-corrected chi connectivity index (χ0v) is 14.5. The molecule has 1 saturated heterocycles. The number of H-pyrrole nitrogens is 1. The summed E-state index contributed by atoms with van der Waals surface area (Å²) in [5.41, 5.74) is -2.04. The van der Waals surface area contributed by atoms with Crippen LogP contribution in [-0.2, 0) is 27.2 Å². The van der Waals surface area contributed by atoms with Crippen molar-refractivity contribution in [3.8, 4) is 0 Å². The highest BCUT2D eigenvalue weighted by molar-refractivity contribution is 7.61. The van der Waals surface area contributed by atoms with Gasteiger partial charge in [0.1, 0.15) is 6.23 Å². The molecule has 1 aromatic heterocycles.